The van der Waals surface area contributed by atoms with Gasteiger partial charge < -0.3 is 10.0 Å². The number of piperidine rings is 1. The first-order valence-electron chi connectivity index (χ1n) is 7.10. The summed E-state index contributed by atoms with van der Waals surface area (Å²) in [5.41, 5.74) is 1.09. The number of aliphatic hydroxyl groups is 1. The molecule has 0 amide bonds. The molecule has 0 saturated carbocycles. The zero-order chi connectivity index (χ0) is 15.5. The minimum Gasteiger partial charge on any atom is -0.393 e. The Morgan fingerprint density at radius 1 is 1.38 bits per heavy atom. The average molecular weight is 316 g/mol. The Kier molecular flexibility index (Phi) is 5.18. The summed E-state index contributed by atoms with van der Waals surface area (Å²) in [4.78, 5) is 1.90. The summed E-state index contributed by atoms with van der Waals surface area (Å²) >= 11 is 0. The van der Waals surface area contributed by atoms with E-state index in [2.05, 4.69) is 4.72 Å². The van der Waals surface area contributed by atoms with E-state index >= 15 is 0 Å². The predicted octanol–water partition coefficient (Wildman–Crippen LogP) is 1.23. The van der Waals surface area contributed by atoms with E-state index in [1.807, 2.05) is 4.90 Å². The minimum absolute atomic E-state index is 0.00364. The number of halogens is 1. The van der Waals surface area contributed by atoms with E-state index in [-0.39, 0.29) is 24.2 Å². The van der Waals surface area contributed by atoms with Gasteiger partial charge in [-0.15, -0.1) is 0 Å². The van der Waals surface area contributed by atoms with Crippen molar-refractivity contribution in [2.75, 3.05) is 23.7 Å². The number of rotatable bonds is 5. The van der Waals surface area contributed by atoms with Gasteiger partial charge in [-0.05, 0) is 37.5 Å². The van der Waals surface area contributed by atoms with Gasteiger partial charge in [0.05, 0.1) is 17.5 Å². The zero-order valence-corrected chi connectivity index (χ0v) is 12.9. The molecule has 21 heavy (non-hydrogen) atoms. The summed E-state index contributed by atoms with van der Waals surface area (Å²) in [5, 5.41) is 9.47. The predicted molar refractivity (Wildman–Crippen MR) is 80.2 cm³/mol. The Bertz CT molecular complexity index is 584. The summed E-state index contributed by atoms with van der Waals surface area (Å²) in [6.45, 7) is 2.89. The Balaban J connectivity index is 2.04. The molecule has 1 aromatic carbocycles. The van der Waals surface area contributed by atoms with Crippen molar-refractivity contribution >= 4 is 15.7 Å². The van der Waals surface area contributed by atoms with Crippen molar-refractivity contribution in [1.29, 1.82) is 0 Å². The first-order valence-corrected chi connectivity index (χ1v) is 8.75. The molecule has 118 valence electrons. The van der Waals surface area contributed by atoms with Crippen LogP contribution < -0.4 is 9.62 Å². The molecule has 1 fully saturated rings. The van der Waals surface area contributed by atoms with Crippen molar-refractivity contribution in [3.63, 3.8) is 0 Å². The minimum atomic E-state index is -3.28. The molecule has 0 bridgehead atoms. The van der Waals surface area contributed by atoms with Gasteiger partial charge in [-0.2, -0.15) is 0 Å². The SMILES string of the molecule is CCS(=O)(=O)NCc1ccc(N2CCC(O)CC2)c(F)c1. The molecule has 0 atom stereocenters. The fourth-order valence-electron chi connectivity index (χ4n) is 2.32. The molecule has 0 radical (unpaired) electrons. The van der Waals surface area contributed by atoms with Crippen LogP contribution in [0.5, 0.6) is 0 Å². The van der Waals surface area contributed by atoms with E-state index in [1.54, 1.807) is 19.1 Å². The maximum absolute atomic E-state index is 14.2. The molecular formula is C14H21FN2O3S. The Labute approximate surface area is 124 Å². The Morgan fingerprint density at radius 3 is 2.62 bits per heavy atom. The molecule has 7 heteroatoms. The van der Waals surface area contributed by atoms with Crippen molar-refractivity contribution in [3.8, 4) is 0 Å². The maximum atomic E-state index is 14.2. The number of hydrogen-bond donors (Lipinski definition) is 2. The number of benzene rings is 1. The first kappa shape index (κ1) is 16.2. The Morgan fingerprint density at radius 2 is 2.05 bits per heavy atom. The topological polar surface area (TPSA) is 69.6 Å². The maximum Gasteiger partial charge on any atom is 0.211 e. The highest BCUT2D eigenvalue weighted by atomic mass is 32.2. The van der Waals surface area contributed by atoms with Gasteiger partial charge in [0.2, 0.25) is 10.0 Å². The van der Waals surface area contributed by atoms with Gasteiger partial charge in [-0.3, -0.25) is 0 Å². The van der Waals surface area contributed by atoms with Crippen LogP contribution in [-0.2, 0) is 16.6 Å². The molecule has 0 aliphatic carbocycles. The number of nitrogens with zero attached hydrogens (tertiary/aromatic N) is 1. The molecule has 1 aromatic rings. The van der Waals surface area contributed by atoms with E-state index in [0.29, 0.717) is 37.2 Å². The summed E-state index contributed by atoms with van der Waals surface area (Å²) < 4.78 is 39.3. The van der Waals surface area contributed by atoms with Crippen molar-refractivity contribution in [1.82, 2.24) is 4.72 Å². The smallest absolute Gasteiger partial charge is 0.211 e. The van der Waals surface area contributed by atoms with Crippen LogP contribution in [0.3, 0.4) is 0 Å². The first-order chi connectivity index (χ1) is 9.91. The molecule has 2 rings (SSSR count). The second-order valence-corrected chi connectivity index (χ2v) is 7.32. The molecule has 0 unspecified atom stereocenters. The quantitative estimate of drug-likeness (QED) is 0.857. The fraction of sp³-hybridized carbons (Fsp3) is 0.571. The van der Waals surface area contributed by atoms with Crippen molar-refractivity contribution in [2.24, 2.45) is 0 Å². The largest absolute Gasteiger partial charge is 0.393 e. The lowest BCUT2D eigenvalue weighted by Crippen LogP contribution is -2.36. The van der Waals surface area contributed by atoms with Crippen LogP contribution in [0.1, 0.15) is 25.3 Å². The van der Waals surface area contributed by atoms with Crippen molar-refractivity contribution in [2.45, 2.75) is 32.4 Å². The van der Waals surface area contributed by atoms with Gasteiger partial charge in [-0.1, -0.05) is 6.07 Å². The monoisotopic (exact) mass is 316 g/mol. The van der Waals surface area contributed by atoms with Crippen LogP contribution in [0.25, 0.3) is 0 Å². The molecule has 2 N–H and O–H groups in total. The van der Waals surface area contributed by atoms with Gasteiger partial charge in [0.15, 0.2) is 0 Å². The highest BCUT2D eigenvalue weighted by Crippen LogP contribution is 2.24. The third-order valence-corrected chi connectivity index (χ3v) is 5.04. The average Bonchev–Trinajstić information content (AvgIpc) is 2.47. The lowest BCUT2D eigenvalue weighted by Gasteiger charge is -2.31. The van der Waals surface area contributed by atoms with E-state index in [1.165, 1.54) is 6.07 Å². The van der Waals surface area contributed by atoms with Crippen LogP contribution in [0, 0.1) is 5.82 Å². The van der Waals surface area contributed by atoms with Gasteiger partial charge in [0.25, 0.3) is 0 Å². The van der Waals surface area contributed by atoms with Gasteiger partial charge in [0.1, 0.15) is 5.82 Å². The molecule has 1 saturated heterocycles. The second-order valence-electron chi connectivity index (χ2n) is 5.23. The summed E-state index contributed by atoms with van der Waals surface area (Å²) in [6, 6.07) is 4.75. The zero-order valence-electron chi connectivity index (χ0n) is 12.0. The summed E-state index contributed by atoms with van der Waals surface area (Å²) in [5.74, 6) is -0.358. The van der Waals surface area contributed by atoms with Gasteiger partial charge in [-0.25, -0.2) is 17.5 Å². The molecule has 1 aliphatic heterocycles. The second kappa shape index (κ2) is 6.72. The third kappa shape index (κ3) is 4.39. The molecule has 1 heterocycles. The van der Waals surface area contributed by atoms with E-state index in [0.717, 1.165) is 0 Å². The number of sulfonamides is 1. The lowest BCUT2D eigenvalue weighted by molar-refractivity contribution is 0.145. The third-order valence-electron chi connectivity index (χ3n) is 3.69. The molecule has 0 spiro atoms. The van der Waals surface area contributed by atoms with Crippen LogP contribution >= 0.6 is 0 Å². The number of aliphatic hydroxyl groups excluding tert-OH is 1. The fourth-order valence-corrected chi connectivity index (χ4v) is 2.91. The summed E-state index contributed by atoms with van der Waals surface area (Å²) in [7, 11) is -3.28. The number of hydrogen-bond acceptors (Lipinski definition) is 4. The summed E-state index contributed by atoms with van der Waals surface area (Å²) in [6.07, 6.45) is 0.974. The molecule has 0 aromatic heterocycles. The van der Waals surface area contributed by atoms with Gasteiger partial charge in [0, 0.05) is 19.6 Å². The van der Waals surface area contributed by atoms with Crippen LogP contribution in [-0.4, -0.2) is 38.5 Å². The van der Waals surface area contributed by atoms with Crippen LogP contribution in [0.15, 0.2) is 18.2 Å². The van der Waals surface area contributed by atoms with E-state index < -0.39 is 10.0 Å². The van der Waals surface area contributed by atoms with Crippen LogP contribution in [0.2, 0.25) is 0 Å². The van der Waals surface area contributed by atoms with E-state index in [4.69, 9.17) is 0 Å². The van der Waals surface area contributed by atoms with E-state index in [9.17, 15) is 17.9 Å². The number of anilines is 1. The molecule has 5 nitrogen and oxygen atoms in total. The highest BCUT2D eigenvalue weighted by molar-refractivity contribution is 7.89. The molecule has 1 aliphatic rings. The van der Waals surface area contributed by atoms with Gasteiger partial charge >= 0.3 is 0 Å². The lowest BCUT2D eigenvalue weighted by atomic mass is 10.1. The van der Waals surface area contributed by atoms with Crippen molar-refractivity contribution < 1.29 is 17.9 Å². The van der Waals surface area contributed by atoms with Crippen molar-refractivity contribution in [3.05, 3.63) is 29.6 Å². The normalized spacial score (nSPS) is 17.2. The Hall–Kier alpha value is -1.18. The van der Waals surface area contributed by atoms with Crippen LogP contribution in [0.4, 0.5) is 10.1 Å². The standard InChI is InChI=1S/C14H21FN2O3S/c1-2-21(19,20)16-10-11-3-4-14(13(15)9-11)17-7-5-12(18)6-8-17/h3-4,9,12,16,18H,2,5-8,10H2,1H3. The molecular weight excluding hydrogens is 295 g/mol. The highest BCUT2D eigenvalue weighted by Gasteiger charge is 2.19. The number of nitrogens with one attached hydrogen (secondary N) is 1.